The second-order valence-corrected chi connectivity index (χ2v) is 3.29. The monoisotopic (exact) mass is 165 g/mol. The van der Waals surface area contributed by atoms with Crippen LogP contribution in [0.15, 0.2) is 6.07 Å². The van der Waals surface area contributed by atoms with Gasteiger partial charge in [-0.1, -0.05) is 20.8 Å². The van der Waals surface area contributed by atoms with Gasteiger partial charge in [0.15, 0.2) is 6.29 Å². The van der Waals surface area contributed by atoms with Crippen molar-refractivity contribution in [2.24, 2.45) is 0 Å². The maximum atomic E-state index is 10.6. The Bertz CT molecular complexity index is 273. The molecule has 1 N–H and O–H groups in total. The SMILES string of the molecule is CCc1cc(C(C)C)c(C=O)[nH]1. The zero-order valence-electron chi connectivity index (χ0n) is 7.85. The van der Waals surface area contributed by atoms with Gasteiger partial charge in [-0.15, -0.1) is 0 Å². The molecule has 2 nitrogen and oxygen atoms in total. The minimum absolute atomic E-state index is 0.418. The molecular weight excluding hydrogens is 150 g/mol. The first-order chi connectivity index (χ1) is 5.69. The van der Waals surface area contributed by atoms with E-state index >= 15 is 0 Å². The summed E-state index contributed by atoms with van der Waals surface area (Å²) in [5, 5.41) is 0. The van der Waals surface area contributed by atoms with E-state index in [4.69, 9.17) is 0 Å². The smallest absolute Gasteiger partial charge is 0.166 e. The van der Waals surface area contributed by atoms with Crippen LogP contribution in [0.1, 0.15) is 48.4 Å². The molecule has 0 bridgehead atoms. The highest BCUT2D eigenvalue weighted by Crippen LogP contribution is 2.19. The predicted molar refractivity (Wildman–Crippen MR) is 49.6 cm³/mol. The molecule has 0 aliphatic carbocycles. The molecule has 1 rings (SSSR count). The number of H-pyrrole nitrogens is 1. The van der Waals surface area contributed by atoms with Gasteiger partial charge in [0.25, 0.3) is 0 Å². The van der Waals surface area contributed by atoms with Gasteiger partial charge in [0.2, 0.25) is 0 Å². The van der Waals surface area contributed by atoms with Crippen molar-refractivity contribution in [3.8, 4) is 0 Å². The lowest BCUT2D eigenvalue weighted by atomic mass is 10.0. The first-order valence-electron chi connectivity index (χ1n) is 4.36. The van der Waals surface area contributed by atoms with Gasteiger partial charge in [-0.3, -0.25) is 4.79 Å². The maximum Gasteiger partial charge on any atom is 0.166 e. The zero-order chi connectivity index (χ0) is 9.14. The maximum absolute atomic E-state index is 10.6. The largest absolute Gasteiger partial charge is 0.356 e. The highest BCUT2D eigenvalue weighted by molar-refractivity contribution is 5.75. The van der Waals surface area contributed by atoms with Crippen LogP contribution in [0.5, 0.6) is 0 Å². The van der Waals surface area contributed by atoms with E-state index in [1.165, 1.54) is 0 Å². The molecule has 0 saturated carbocycles. The second-order valence-electron chi connectivity index (χ2n) is 3.29. The summed E-state index contributed by atoms with van der Waals surface area (Å²) >= 11 is 0. The third-order valence-electron chi connectivity index (χ3n) is 2.06. The number of hydrogen-bond acceptors (Lipinski definition) is 1. The number of aromatic nitrogens is 1. The highest BCUT2D eigenvalue weighted by atomic mass is 16.1. The Morgan fingerprint density at radius 2 is 2.25 bits per heavy atom. The number of rotatable bonds is 3. The summed E-state index contributed by atoms with van der Waals surface area (Å²) in [7, 11) is 0. The van der Waals surface area contributed by atoms with Crippen LogP contribution in [0, 0.1) is 0 Å². The fourth-order valence-corrected chi connectivity index (χ4v) is 1.31. The molecule has 1 aromatic heterocycles. The Morgan fingerprint density at radius 1 is 1.58 bits per heavy atom. The molecule has 0 spiro atoms. The first kappa shape index (κ1) is 9.04. The lowest BCUT2D eigenvalue weighted by Crippen LogP contribution is -1.90. The summed E-state index contributed by atoms with van der Waals surface area (Å²) in [5.74, 6) is 0.418. The molecule has 12 heavy (non-hydrogen) atoms. The van der Waals surface area contributed by atoms with Gasteiger partial charge in [0, 0.05) is 5.69 Å². The molecule has 0 atom stereocenters. The summed E-state index contributed by atoms with van der Waals surface area (Å²) in [4.78, 5) is 13.7. The molecule has 1 aromatic rings. The van der Waals surface area contributed by atoms with Crippen LogP contribution < -0.4 is 0 Å². The summed E-state index contributed by atoms with van der Waals surface area (Å²) in [5.41, 5.74) is 3.00. The topological polar surface area (TPSA) is 32.9 Å². The normalized spacial score (nSPS) is 10.7. The number of aryl methyl sites for hydroxylation is 1. The van der Waals surface area contributed by atoms with Gasteiger partial charge in [-0.05, 0) is 24.0 Å². The minimum atomic E-state index is 0.418. The average molecular weight is 165 g/mol. The Morgan fingerprint density at radius 3 is 2.58 bits per heavy atom. The third-order valence-corrected chi connectivity index (χ3v) is 2.06. The van der Waals surface area contributed by atoms with Crippen LogP contribution >= 0.6 is 0 Å². The van der Waals surface area contributed by atoms with E-state index in [0.29, 0.717) is 5.92 Å². The number of carbonyl (C=O) groups is 1. The van der Waals surface area contributed by atoms with E-state index in [1.807, 2.05) is 0 Å². The quantitative estimate of drug-likeness (QED) is 0.686. The summed E-state index contributed by atoms with van der Waals surface area (Å²) in [6.07, 6.45) is 1.85. The number of hydrogen-bond donors (Lipinski definition) is 1. The molecule has 66 valence electrons. The van der Waals surface area contributed by atoms with Gasteiger partial charge in [0.1, 0.15) is 0 Å². The molecule has 0 radical (unpaired) electrons. The van der Waals surface area contributed by atoms with E-state index in [-0.39, 0.29) is 0 Å². The Kier molecular flexibility index (Phi) is 2.69. The van der Waals surface area contributed by atoms with Crippen molar-refractivity contribution in [2.75, 3.05) is 0 Å². The lowest BCUT2D eigenvalue weighted by Gasteiger charge is -2.00. The van der Waals surface area contributed by atoms with Crippen LogP contribution in [-0.4, -0.2) is 11.3 Å². The Balaban J connectivity index is 3.08. The van der Waals surface area contributed by atoms with Crippen molar-refractivity contribution in [3.05, 3.63) is 23.0 Å². The molecule has 1 heterocycles. The fraction of sp³-hybridized carbons (Fsp3) is 0.500. The lowest BCUT2D eigenvalue weighted by molar-refractivity contribution is 0.111. The van der Waals surface area contributed by atoms with E-state index in [0.717, 1.165) is 29.7 Å². The van der Waals surface area contributed by atoms with Crippen LogP contribution in [-0.2, 0) is 6.42 Å². The second kappa shape index (κ2) is 3.57. The zero-order valence-corrected chi connectivity index (χ0v) is 7.85. The number of carbonyl (C=O) groups excluding carboxylic acids is 1. The summed E-state index contributed by atoms with van der Waals surface area (Å²) in [6.45, 7) is 6.26. The van der Waals surface area contributed by atoms with Crippen molar-refractivity contribution in [2.45, 2.75) is 33.1 Å². The molecule has 0 fully saturated rings. The Labute approximate surface area is 73.0 Å². The van der Waals surface area contributed by atoms with Gasteiger partial charge in [-0.2, -0.15) is 0 Å². The number of aldehydes is 1. The molecule has 0 unspecified atom stereocenters. The van der Waals surface area contributed by atoms with E-state index in [1.54, 1.807) is 0 Å². The van der Waals surface area contributed by atoms with Gasteiger partial charge in [-0.25, -0.2) is 0 Å². The van der Waals surface area contributed by atoms with E-state index in [9.17, 15) is 4.79 Å². The van der Waals surface area contributed by atoms with Crippen LogP contribution in [0.4, 0.5) is 0 Å². The van der Waals surface area contributed by atoms with E-state index in [2.05, 4.69) is 31.8 Å². The van der Waals surface area contributed by atoms with Crippen LogP contribution in [0.3, 0.4) is 0 Å². The van der Waals surface area contributed by atoms with Crippen molar-refractivity contribution < 1.29 is 4.79 Å². The molecule has 0 aromatic carbocycles. The van der Waals surface area contributed by atoms with Crippen molar-refractivity contribution in [1.82, 2.24) is 4.98 Å². The fourth-order valence-electron chi connectivity index (χ4n) is 1.31. The standard InChI is InChI=1S/C10H15NO/c1-4-8-5-9(7(2)3)10(6-12)11-8/h5-7,11H,4H2,1-3H3. The number of aromatic amines is 1. The van der Waals surface area contributed by atoms with Gasteiger partial charge < -0.3 is 4.98 Å². The van der Waals surface area contributed by atoms with Gasteiger partial charge >= 0.3 is 0 Å². The van der Waals surface area contributed by atoms with E-state index < -0.39 is 0 Å². The highest BCUT2D eigenvalue weighted by Gasteiger charge is 2.08. The molecule has 2 heteroatoms. The molecule has 0 amide bonds. The third kappa shape index (κ3) is 1.58. The predicted octanol–water partition coefficient (Wildman–Crippen LogP) is 2.51. The first-order valence-corrected chi connectivity index (χ1v) is 4.36. The molecular formula is C10H15NO. The minimum Gasteiger partial charge on any atom is -0.356 e. The van der Waals surface area contributed by atoms with Crippen molar-refractivity contribution in [3.63, 3.8) is 0 Å². The average Bonchev–Trinajstić information content (AvgIpc) is 2.47. The van der Waals surface area contributed by atoms with Crippen molar-refractivity contribution in [1.29, 1.82) is 0 Å². The van der Waals surface area contributed by atoms with Crippen molar-refractivity contribution >= 4 is 6.29 Å². The molecule has 0 aliphatic rings. The Hall–Kier alpha value is -1.05. The van der Waals surface area contributed by atoms with Crippen LogP contribution in [0.25, 0.3) is 0 Å². The molecule has 0 saturated heterocycles. The van der Waals surface area contributed by atoms with Gasteiger partial charge in [0.05, 0.1) is 5.69 Å². The van der Waals surface area contributed by atoms with Crippen LogP contribution in [0.2, 0.25) is 0 Å². The summed E-state index contributed by atoms with van der Waals surface area (Å²) in [6, 6.07) is 2.08. The molecule has 0 aliphatic heterocycles. The number of nitrogens with one attached hydrogen (secondary N) is 1. The summed E-state index contributed by atoms with van der Waals surface area (Å²) < 4.78 is 0.